The van der Waals surface area contributed by atoms with Gasteiger partial charge in [0.25, 0.3) is 0 Å². The highest BCUT2D eigenvalue weighted by Gasteiger charge is 2.35. The van der Waals surface area contributed by atoms with Crippen LogP contribution in [0.1, 0.15) is 17.1 Å². The van der Waals surface area contributed by atoms with Gasteiger partial charge in [-0.3, -0.25) is 14.0 Å². The Morgan fingerprint density at radius 3 is 1.14 bits per heavy atom. The third-order valence-electron chi connectivity index (χ3n) is 9.01. The van der Waals surface area contributed by atoms with E-state index in [2.05, 4.69) is 46.9 Å². The number of aromatic nitrogens is 9. The average molecular weight is 710 g/mol. The number of nitrogens with zero attached hydrogens (tertiary/aromatic N) is 9. The molecule has 50 heavy (non-hydrogen) atoms. The molecule has 0 aliphatic carbocycles. The first-order chi connectivity index (χ1) is 24.0. The summed E-state index contributed by atoms with van der Waals surface area (Å²) in [5.74, 6) is 0. The van der Waals surface area contributed by atoms with Crippen LogP contribution in [0.2, 0.25) is 0 Å². The van der Waals surface area contributed by atoms with E-state index in [4.69, 9.17) is 19.9 Å². The van der Waals surface area contributed by atoms with E-state index < -0.39 is 42.2 Å². The van der Waals surface area contributed by atoms with Crippen LogP contribution >= 0.6 is 0 Å². The van der Waals surface area contributed by atoms with Crippen molar-refractivity contribution in [3.8, 4) is 0 Å². The van der Waals surface area contributed by atoms with Crippen LogP contribution in [0.4, 0.5) is 0 Å². The van der Waals surface area contributed by atoms with E-state index in [0.717, 1.165) is 0 Å². The van der Waals surface area contributed by atoms with Crippen LogP contribution in [-0.2, 0) is 53.7 Å². The zero-order valence-corrected chi connectivity index (χ0v) is 27.4. The zero-order chi connectivity index (χ0) is 35.3. The van der Waals surface area contributed by atoms with Gasteiger partial charge < -0.3 is 66.5 Å². The standard InChI is InChI=1S/C28H47N13O9/c29-28(13-48-10-16-4-39(36-33-16)7-19-25(45)22(42)1-30-19,14-49-11-17-5-40(37-34-17)8-20-26(46)23(43)2-31-20)15-50-12-18-6-41(38-35-18)9-21-27(47)24(44)3-32-21/h4-6,19-27,30-32,42-47H,1-3,7-15,29H2/t19-,20-,21-,22-,23-,24-,25+,26+,27+/m1/s1. The number of aliphatic hydroxyl groups excluding tert-OH is 6. The van der Waals surface area contributed by atoms with Crippen molar-refractivity contribution in [3.63, 3.8) is 0 Å². The number of hydrogen-bond donors (Lipinski definition) is 10. The topological polar surface area (TPSA) is 303 Å². The largest absolute Gasteiger partial charge is 0.389 e. The maximum absolute atomic E-state index is 10.1. The van der Waals surface area contributed by atoms with E-state index in [9.17, 15) is 30.6 Å². The van der Waals surface area contributed by atoms with Gasteiger partial charge in [-0.15, -0.1) is 15.3 Å². The molecule has 0 aromatic carbocycles. The van der Waals surface area contributed by atoms with Gasteiger partial charge in [0, 0.05) is 19.6 Å². The number of β-amino-alcohol motifs (C(OH)–C–C–N with tert-alkyl or cyclic N) is 3. The second-order valence-electron chi connectivity index (χ2n) is 13.4. The van der Waals surface area contributed by atoms with Gasteiger partial charge >= 0.3 is 0 Å². The van der Waals surface area contributed by atoms with E-state index >= 15 is 0 Å². The summed E-state index contributed by atoms with van der Waals surface area (Å²) >= 11 is 0. The van der Waals surface area contributed by atoms with Gasteiger partial charge in [-0.05, 0) is 0 Å². The Kier molecular flexibility index (Phi) is 12.1. The molecule has 0 unspecified atom stereocenters. The second-order valence-corrected chi connectivity index (χ2v) is 13.4. The van der Waals surface area contributed by atoms with Gasteiger partial charge in [0.2, 0.25) is 0 Å². The van der Waals surface area contributed by atoms with Crippen LogP contribution in [-0.4, -0.2) is 175 Å². The Balaban J connectivity index is 1.00. The summed E-state index contributed by atoms with van der Waals surface area (Å²) in [6.45, 7) is 2.22. The van der Waals surface area contributed by atoms with Crippen molar-refractivity contribution in [2.75, 3.05) is 39.5 Å². The number of ether oxygens (including phenoxy) is 3. The van der Waals surface area contributed by atoms with Crippen molar-refractivity contribution < 1.29 is 44.8 Å². The SMILES string of the molecule is NC(COCc1cn(C[C@H]2NC[C@@H](O)[C@H]2O)nn1)(COCc1cn(C[C@H]2NC[C@@H](O)[C@H]2O)nn1)COCc1cn(C[C@H]2NC[C@@H](O)[C@H]2O)nn1. The molecule has 3 fully saturated rings. The average Bonchev–Trinajstić information content (AvgIpc) is 3.96. The molecule has 0 radical (unpaired) electrons. The minimum absolute atomic E-state index is 0.0233. The summed E-state index contributed by atoms with van der Waals surface area (Å²) in [6, 6.07) is -1.06. The molecule has 22 nitrogen and oxygen atoms in total. The lowest BCUT2D eigenvalue weighted by molar-refractivity contribution is -0.0356. The molecule has 3 saturated heterocycles. The summed E-state index contributed by atoms with van der Waals surface area (Å²) in [4.78, 5) is 0. The van der Waals surface area contributed by atoms with E-state index in [1.54, 1.807) is 32.6 Å². The molecule has 6 heterocycles. The third kappa shape index (κ3) is 9.41. The van der Waals surface area contributed by atoms with Gasteiger partial charge in [0.05, 0.1) is 138 Å². The number of rotatable bonds is 18. The Morgan fingerprint density at radius 1 is 0.580 bits per heavy atom. The Hall–Kier alpha value is -3.10. The quantitative estimate of drug-likeness (QED) is 0.0587. The number of nitrogens with two attached hydrogens (primary N) is 1. The molecular weight excluding hydrogens is 662 g/mol. The number of nitrogens with one attached hydrogen (secondary N) is 3. The van der Waals surface area contributed by atoms with Crippen molar-refractivity contribution in [1.29, 1.82) is 0 Å². The maximum Gasteiger partial charge on any atom is 0.108 e. The molecule has 3 aliphatic heterocycles. The van der Waals surface area contributed by atoms with Gasteiger partial charge in [0.15, 0.2) is 0 Å². The highest BCUT2D eigenvalue weighted by atomic mass is 16.5. The van der Waals surface area contributed by atoms with Crippen LogP contribution < -0.4 is 21.7 Å². The van der Waals surface area contributed by atoms with Crippen LogP contribution in [0, 0.1) is 0 Å². The van der Waals surface area contributed by atoms with Crippen molar-refractivity contribution in [2.24, 2.45) is 5.73 Å². The van der Waals surface area contributed by atoms with E-state index in [1.807, 2.05) is 0 Å². The Labute approximate surface area is 286 Å². The van der Waals surface area contributed by atoms with E-state index in [-0.39, 0.29) is 57.8 Å². The highest BCUT2D eigenvalue weighted by Crippen LogP contribution is 2.14. The molecule has 6 rings (SSSR count). The smallest absolute Gasteiger partial charge is 0.108 e. The predicted octanol–water partition coefficient (Wildman–Crippen LogP) is -6.81. The normalized spacial score (nSPS) is 30.2. The van der Waals surface area contributed by atoms with Crippen molar-refractivity contribution in [2.45, 2.75) is 99.7 Å². The maximum atomic E-state index is 10.1. The molecule has 9 atom stereocenters. The van der Waals surface area contributed by atoms with Gasteiger partial charge in [-0.25, -0.2) is 0 Å². The first kappa shape index (κ1) is 36.7. The molecule has 22 heteroatoms. The van der Waals surface area contributed by atoms with Crippen molar-refractivity contribution in [1.82, 2.24) is 60.9 Å². The van der Waals surface area contributed by atoms with Crippen LogP contribution in [0.3, 0.4) is 0 Å². The molecule has 3 aliphatic rings. The van der Waals surface area contributed by atoms with Gasteiger partial charge in [0.1, 0.15) is 17.1 Å². The summed E-state index contributed by atoms with van der Waals surface area (Å²) in [6.07, 6.45) is -0.110. The first-order valence-electron chi connectivity index (χ1n) is 16.5. The van der Waals surface area contributed by atoms with E-state index in [1.165, 1.54) is 0 Å². The summed E-state index contributed by atoms with van der Waals surface area (Å²) in [5.41, 5.74) is 7.25. The van der Waals surface area contributed by atoms with Gasteiger partial charge in [-0.2, -0.15) is 0 Å². The summed E-state index contributed by atoms with van der Waals surface area (Å²) in [5, 5.41) is 93.4. The molecule has 3 aromatic heterocycles. The zero-order valence-electron chi connectivity index (χ0n) is 27.4. The third-order valence-corrected chi connectivity index (χ3v) is 9.01. The van der Waals surface area contributed by atoms with Crippen molar-refractivity contribution >= 4 is 0 Å². The lowest BCUT2D eigenvalue weighted by Gasteiger charge is -2.28. The van der Waals surface area contributed by atoms with Gasteiger partial charge in [-0.1, -0.05) is 15.6 Å². The highest BCUT2D eigenvalue weighted by molar-refractivity contribution is 4.98. The van der Waals surface area contributed by atoms with Crippen molar-refractivity contribution in [3.05, 3.63) is 35.7 Å². The monoisotopic (exact) mass is 709 g/mol. The second kappa shape index (κ2) is 16.5. The first-order valence-corrected chi connectivity index (χ1v) is 16.5. The summed E-state index contributed by atoms with van der Waals surface area (Å²) in [7, 11) is 0. The molecule has 0 bridgehead atoms. The van der Waals surface area contributed by atoms with Crippen LogP contribution in [0.5, 0.6) is 0 Å². The lowest BCUT2D eigenvalue weighted by atomic mass is 10.1. The molecule has 0 spiro atoms. The molecule has 278 valence electrons. The van der Waals surface area contributed by atoms with Crippen LogP contribution in [0.25, 0.3) is 0 Å². The number of hydrogen-bond acceptors (Lipinski definition) is 19. The fourth-order valence-electron chi connectivity index (χ4n) is 6.15. The fraction of sp³-hybridized carbons (Fsp3) is 0.786. The van der Waals surface area contributed by atoms with E-state index in [0.29, 0.717) is 56.4 Å². The minimum atomic E-state index is -1.11. The fourth-order valence-corrected chi connectivity index (χ4v) is 6.15. The number of aliphatic hydroxyl groups is 6. The molecule has 0 saturated carbocycles. The predicted molar refractivity (Wildman–Crippen MR) is 167 cm³/mol. The lowest BCUT2D eigenvalue weighted by Crippen LogP contribution is -2.52. The molecule has 3 aromatic rings. The summed E-state index contributed by atoms with van der Waals surface area (Å²) < 4.78 is 22.5. The van der Waals surface area contributed by atoms with Crippen LogP contribution in [0.15, 0.2) is 18.6 Å². The molecular formula is C28H47N13O9. The molecule has 11 N–H and O–H groups in total. The Morgan fingerprint density at radius 2 is 0.880 bits per heavy atom. The Bertz CT molecular complexity index is 1320. The molecule has 0 amide bonds. The minimum Gasteiger partial charge on any atom is -0.389 e.